The number of aliphatic hydroxyl groups excluding tert-OH is 1. The van der Waals surface area contributed by atoms with Crippen LogP contribution in [0.4, 0.5) is 0 Å². The third-order valence-electron chi connectivity index (χ3n) is 1.82. The second kappa shape index (κ2) is 6.32. The fourth-order valence-electron chi connectivity index (χ4n) is 1.22. The summed E-state index contributed by atoms with van der Waals surface area (Å²) in [5, 5.41) is 12.2. The molecule has 0 heterocycles. The van der Waals surface area contributed by atoms with E-state index in [0.29, 0.717) is 6.42 Å². The number of nitrogens with zero attached hydrogens (tertiary/aromatic N) is 1. The van der Waals surface area contributed by atoms with Gasteiger partial charge in [0.1, 0.15) is 5.76 Å². The van der Waals surface area contributed by atoms with Gasteiger partial charge in [0, 0.05) is 12.8 Å². The van der Waals surface area contributed by atoms with E-state index in [1.54, 1.807) is 0 Å². The van der Waals surface area contributed by atoms with Crippen molar-refractivity contribution < 1.29 is 9.90 Å². The summed E-state index contributed by atoms with van der Waals surface area (Å²) < 4.78 is 0. The second-order valence-electron chi connectivity index (χ2n) is 4.51. The molecule has 0 atom stereocenters. The monoisotopic (exact) mass is 213 g/mol. The van der Waals surface area contributed by atoms with E-state index in [-0.39, 0.29) is 35.5 Å². The van der Waals surface area contributed by atoms with E-state index in [9.17, 15) is 14.8 Å². The molecule has 4 nitrogen and oxygen atoms in total. The van der Waals surface area contributed by atoms with E-state index in [1.807, 2.05) is 27.7 Å². The van der Waals surface area contributed by atoms with Crippen molar-refractivity contribution in [3.63, 3.8) is 0 Å². The summed E-state index contributed by atoms with van der Waals surface area (Å²) in [7, 11) is 0. The van der Waals surface area contributed by atoms with Gasteiger partial charge in [0.2, 0.25) is 0 Å². The molecule has 0 spiro atoms. The third kappa shape index (κ3) is 5.30. The van der Waals surface area contributed by atoms with Gasteiger partial charge in [-0.15, -0.1) is 4.91 Å². The van der Waals surface area contributed by atoms with Crippen molar-refractivity contribution in [3.8, 4) is 0 Å². The molecule has 0 saturated carbocycles. The summed E-state index contributed by atoms with van der Waals surface area (Å²) in [5.41, 5.74) is -0.308. The van der Waals surface area contributed by atoms with Gasteiger partial charge in [0.05, 0.1) is 0 Å². The summed E-state index contributed by atoms with van der Waals surface area (Å²) in [6, 6.07) is 0. The van der Waals surface area contributed by atoms with Gasteiger partial charge in [-0.2, -0.15) is 0 Å². The summed E-state index contributed by atoms with van der Waals surface area (Å²) in [6.45, 7) is 7.54. The van der Waals surface area contributed by atoms with E-state index in [1.165, 1.54) is 0 Å². The molecule has 0 bridgehead atoms. The lowest BCUT2D eigenvalue weighted by Crippen LogP contribution is -2.08. The van der Waals surface area contributed by atoms with E-state index < -0.39 is 0 Å². The van der Waals surface area contributed by atoms with Crippen molar-refractivity contribution in [1.29, 1.82) is 0 Å². The number of ketones is 1. The van der Waals surface area contributed by atoms with Crippen LogP contribution in [0.5, 0.6) is 0 Å². The molecule has 0 fully saturated rings. The van der Waals surface area contributed by atoms with Gasteiger partial charge in [-0.25, -0.2) is 0 Å². The molecule has 0 aromatic heterocycles. The highest BCUT2D eigenvalue weighted by Gasteiger charge is 2.18. The van der Waals surface area contributed by atoms with Crippen LogP contribution in [0.25, 0.3) is 0 Å². The smallest absolute Gasteiger partial charge is 0.188 e. The van der Waals surface area contributed by atoms with Crippen LogP contribution in [-0.2, 0) is 4.79 Å². The van der Waals surface area contributed by atoms with Gasteiger partial charge < -0.3 is 5.11 Å². The Labute approximate surface area is 90.3 Å². The molecule has 0 aromatic rings. The minimum absolute atomic E-state index is 0.154. The van der Waals surface area contributed by atoms with Crippen molar-refractivity contribution in [3.05, 3.63) is 16.4 Å². The summed E-state index contributed by atoms with van der Waals surface area (Å²) in [6.07, 6.45) is 0.550. The predicted molar refractivity (Wildman–Crippen MR) is 59.4 cm³/mol. The Kier molecular flexibility index (Phi) is 5.82. The lowest BCUT2D eigenvalue weighted by atomic mass is 10.0. The number of hydrogen-bond acceptors (Lipinski definition) is 4. The van der Waals surface area contributed by atoms with Crippen LogP contribution in [0.3, 0.4) is 0 Å². The molecular formula is C11H19NO3. The largest absolute Gasteiger partial charge is 0.510 e. The Morgan fingerprint density at radius 2 is 1.60 bits per heavy atom. The average molecular weight is 213 g/mol. The first-order valence-corrected chi connectivity index (χ1v) is 5.17. The molecule has 15 heavy (non-hydrogen) atoms. The zero-order chi connectivity index (χ0) is 12.0. The molecule has 1 N–H and O–H groups in total. The number of allylic oxidation sites excluding steroid dienone is 2. The average Bonchev–Trinajstić information content (AvgIpc) is 2.01. The molecule has 0 saturated heterocycles. The van der Waals surface area contributed by atoms with E-state index in [0.717, 1.165) is 0 Å². The molecular weight excluding hydrogens is 194 g/mol. The van der Waals surface area contributed by atoms with Gasteiger partial charge >= 0.3 is 0 Å². The van der Waals surface area contributed by atoms with Gasteiger partial charge in [0.15, 0.2) is 11.5 Å². The van der Waals surface area contributed by atoms with Crippen molar-refractivity contribution in [1.82, 2.24) is 0 Å². The zero-order valence-electron chi connectivity index (χ0n) is 9.78. The van der Waals surface area contributed by atoms with Crippen LogP contribution in [0.15, 0.2) is 16.6 Å². The molecule has 0 amide bonds. The van der Waals surface area contributed by atoms with Crippen molar-refractivity contribution in [2.45, 2.75) is 40.5 Å². The van der Waals surface area contributed by atoms with Gasteiger partial charge in [0.25, 0.3) is 0 Å². The third-order valence-corrected chi connectivity index (χ3v) is 1.82. The Bertz CT molecular complexity index is 267. The molecule has 86 valence electrons. The minimum Gasteiger partial charge on any atom is -0.510 e. The van der Waals surface area contributed by atoms with Gasteiger partial charge in [-0.05, 0) is 17.0 Å². The topological polar surface area (TPSA) is 66.7 Å². The van der Waals surface area contributed by atoms with E-state index in [2.05, 4.69) is 5.18 Å². The van der Waals surface area contributed by atoms with Gasteiger partial charge in [-0.1, -0.05) is 27.7 Å². The highest BCUT2D eigenvalue weighted by molar-refractivity contribution is 5.95. The molecule has 0 aromatic carbocycles. The van der Waals surface area contributed by atoms with Crippen LogP contribution in [-0.4, -0.2) is 10.9 Å². The summed E-state index contributed by atoms with van der Waals surface area (Å²) >= 11 is 0. The molecule has 0 unspecified atom stereocenters. The number of carbonyl (C=O) groups excluding carboxylic acids is 1. The van der Waals surface area contributed by atoms with Crippen LogP contribution in [0, 0.1) is 16.7 Å². The predicted octanol–water partition coefficient (Wildman–Crippen LogP) is 3.18. The van der Waals surface area contributed by atoms with E-state index in [4.69, 9.17) is 0 Å². The first-order chi connectivity index (χ1) is 6.88. The number of nitroso groups, excluding NO2 is 1. The van der Waals surface area contributed by atoms with Crippen molar-refractivity contribution in [2.24, 2.45) is 17.0 Å². The van der Waals surface area contributed by atoms with Crippen LogP contribution in [0.1, 0.15) is 40.5 Å². The number of aliphatic hydroxyl groups is 1. The maximum atomic E-state index is 11.5. The normalized spacial score (nSPS) is 12.9. The first-order valence-electron chi connectivity index (χ1n) is 5.17. The fraction of sp³-hybridized carbons (Fsp3) is 0.727. The fourth-order valence-corrected chi connectivity index (χ4v) is 1.22. The second-order valence-corrected chi connectivity index (χ2v) is 4.51. The number of hydrogen-bond donors (Lipinski definition) is 1. The van der Waals surface area contributed by atoms with Crippen molar-refractivity contribution >= 4 is 5.78 Å². The summed E-state index contributed by atoms with van der Waals surface area (Å²) in [5.74, 6) is -0.224. The Morgan fingerprint density at radius 1 is 1.13 bits per heavy atom. The van der Waals surface area contributed by atoms with E-state index >= 15 is 0 Å². The molecule has 4 heteroatoms. The maximum absolute atomic E-state index is 11.5. The highest BCUT2D eigenvalue weighted by atomic mass is 16.3. The van der Waals surface area contributed by atoms with Crippen LogP contribution >= 0.6 is 0 Å². The lowest BCUT2D eigenvalue weighted by Gasteiger charge is -2.07. The lowest BCUT2D eigenvalue weighted by molar-refractivity contribution is -0.116. The first kappa shape index (κ1) is 13.8. The van der Waals surface area contributed by atoms with Gasteiger partial charge in [-0.3, -0.25) is 4.79 Å². The molecule has 0 aliphatic heterocycles. The maximum Gasteiger partial charge on any atom is 0.188 e. The number of Topliss-reactive ketones (excluding diaryl/α,β-unsaturated/α-hetero) is 1. The Balaban J connectivity index is 4.72. The Morgan fingerprint density at radius 3 is 1.93 bits per heavy atom. The van der Waals surface area contributed by atoms with Crippen LogP contribution in [0.2, 0.25) is 0 Å². The molecule has 0 aliphatic carbocycles. The number of carbonyl (C=O) groups is 1. The highest BCUT2D eigenvalue weighted by Crippen LogP contribution is 2.17. The minimum atomic E-state index is -0.377. The zero-order valence-corrected chi connectivity index (χ0v) is 9.78. The van der Waals surface area contributed by atoms with Crippen LogP contribution < -0.4 is 0 Å². The quantitative estimate of drug-likeness (QED) is 0.418. The molecule has 0 radical (unpaired) electrons. The van der Waals surface area contributed by atoms with Crippen molar-refractivity contribution in [2.75, 3.05) is 0 Å². The summed E-state index contributed by atoms with van der Waals surface area (Å²) in [4.78, 5) is 22.0. The standard InChI is InChI=1S/C11H19NO3/c1-7(2)5-9(13)11(12-15)10(14)6-8(3)4/h7-8,13H,5-6H2,1-4H3/b11-9+. The SMILES string of the molecule is CC(C)CC(=O)/C(N=O)=C(\O)CC(C)C. The molecule has 0 rings (SSSR count). The Hall–Kier alpha value is -1.19. The number of rotatable bonds is 6. The molecule has 0 aliphatic rings.